The van der Waals surface area contributed by atoms with Crippen molar-refractivity contribution < 1.29 is 28.5 Å². The number of fused-ring (bicyclic) bond motifs is 2. The summed E-state index contributed by atoms with van der Waals surface area (Å²) in [6.45, 7) is 3.66. The van der Waals surface area contributed by atoms with Gasteiger partial charge in [0.2, 0.25) is 24.0 Å². The number of aryl methyl sites for hydroxylation is 2. The Morgan fingerprint density at radius 3 is 2.62 bits per heavy atom. The number of ether oxygens (including phenoxy) is 4. The Balaban J connectivity index is 1.32. The molecule has 1 aromatic heterocycles. The summed E-state index contributed by atoms with van der Waals surface area (Å²) in [4.78, 5) is 40.2. The lowest BCUT2D eigenvalue weighted by atomic mass is 9.98. The van der Waals surface area contributed by atoms with Gasteiger partial charge in [0.25, 0.3) is 0 Å². The monoisotopic (exact) mass is 538 g/mol. The van der Waals surface area contributed by atoms with E-state index in [1.807, 2.05) is 32.1 Å². The second kappa shape index (κ2) is 10.3. The number of aromatic nitrogens is 1. The van der Waals surface area contributed by atoms with E-state index < -0.39 is 17.1 Å². The van der Waals surface area contributed by atoms with Crippen LogP contribution in [0.2, 0.25) is 0 Å². The first-order valence-electron chi connectivity index (χ1n) is 12.9. The molecule has 0 saturated carbocycles. The first kappa shape index (κ1) is 25.2. The summed E-state index contributed by atoms with van der Waals surface area (Å²) in [5, 5.41) is 2.95. The number of allylic oxidation sites excluding steroid dienone is 4. The van der Waals surface area contributed by atoms with Gasteiger partial charge in [0.05, 0.1) is 16.5 Å². The normalized spacial score (nSPS) is 15.5. The minimum absolute atomic E-state index is 0.0162. The quantitative estimate of drug-likeness (QED) is 0.455. The summed E-state index contributed by atoms with van der Waals surface area (Å²) in [6, 6.07) is 8.49. The molecule has 0 radical (unpaired) electrons. The maximum Gasteiger partial charge on any atom is 0.246 e. The predicted octanol–water partition coefficient (Wildman–Crippen LogP) is 4.66. The van der Waals surface area contributed by atoms with Crippen LogP contribution in [-0.2, 0) is 20.8 Å². The summed E-state index contributed by atoms with van der Waals surface area (Å²) < 4.78 is 23.8. The minimum Gasteiger partial charge on any atom is -0.463 e. The Hall–Kier alpha value is -5.05. The van der Waals surface area contributed by atoms with E-state index in [4.69, 9.17) is 18.9 Å². The Morgan fingerprint density at radius 2 is 1.85 bits per heavy atom. The number of pyridine rings is 1. The SMILES string of the molecule is Cc1ccc(C(=O)c2cn(CC(=O)NC3=COC=C(C4=CC=CCC4)O3)c3cc4c(cc3c2=O)OCO4)cc1C. The smallest absolute Gasteiger partial charge is 0.246 e. The molecular weight excluding hydrogens is 512 g/mol. The summed E-state index contributed by atoms with van der Waals surface area (Å²) in [5.41, 5.74) is 3.24. The predicted molar refractivity (Wildman–Crippen MR) is 147 cm³/mol. The van der Waals surface area contributed by atoms with Crippen LogP contribution >= 0.6 is 0 Å². The van der Waals surface area contributed by atoms with Crippen LogP contribution in [0.4, 0.5) is 0 Å². The van der Waals surface area contributed by atoms with Crippen LogP contribution < -0.4 is 20.2 Å². The van der Waals surface area contributed by atoms with Crippen LogP contribution in [-0.4, -0.2) is 23.1 Å². The third-order valence-corrected chi connectivity index (χ3v) is 7.07. The van der Waals surface area contributed by atoms with E-state index in [0.29, 0.717) is 28.3 Å². The molecule has 9 nitrogen and oxygen atoms in total. The van der Waals surface area contributed by atoms with E-state index in [1.165, 1.54) is 18.7 Å². The Morgan fingerprint density at radius 1 is 1.02 bits per heavy atom. The van der Waals surface area contributed by atoms with Gasteiger partial charge in [-0.1, -0.05) is 30.4 Å². The zero-order valence-corrected chi connectivity index (χ0v) is 22.0. The van der Waals surface area contributed by atoms with Crippen LogP contribution in [0.3, 0.4) is 0 Å². The molecule has 3 heterocycles. The zero-order chi connectivity index (χ0) is 27.8. The Labute approximate surface area is 229 Å². The van der Waals surface area contributed by atoms with Crippen LogP contribution in [0, 0.1) is 13.8 Å². The molecule has 1 aliphatic carbocycles. The van der Waals surface area contributed by atoms with E-state index in [9.17, 15) is 14.4 Å². The number of hydrogen-bond donors (Lipinski definition) is 1. The van der Waals surface area contributed by atoms with Gasteiger partial charge in [0.1, 0.15) is 12.8 Å². The van der Waals surface area contributed by atoms with Gasteiger partial charge >= 0.3 is 0 Å². The summed E-state index contributed by atoms with van der Waals surface area (Å²) in [6.07, 6.45) is 11.8. The number of carbonyl (C=O) groups is 2. The first-order chi connectivity index (χ1) is 19.4. The third kappa shape index (κ3) is 4.77. The molecule has 1 amide bonds. The Bertz CT molecular complexity index is 1760. The van der Waals surface area contributed by atoms with Crippen molar-refractivity contribution in [2.45, 2.75) is 33.2 Å². The largest absolute Gasteiger partial charge is 0.463 e. The molecule has 3 aromatic rings. The molecule has 0 fully saturated rings. The van der Waals surface area contributed by atoms with Crippen molar-refractivity contribution in [1.29, 1.82) is 0 Å². The molecule has 0 unspecified atom stereocenters. The van der Waals surface area contributed by atoms with E-state index >= 15 is 0 Å². The summed E-state index contributed by atoms with van der Waals surface area (Å²) in [7, 11) is 0. The highest BCUT2D eigenvalue weighted by molar-refractivity contribution is 6.10. The second-order valence-electron chi connectivity index (χ2n) is 9.76. The van der Waals surface area contributed by atoms with E-state index in [-0.39, 0.29) is 30.2 Å². The molecular formula is C31H26N2O7. The molecule has 6 rings (SSSR count). The van der Waals surface area contributed by atoms with Gasteiger partial charge < -0.3 is 23.5 Å². The van der Waals surface area contributed by atoms with Gasteiger partial charge in [-0.3, -0.25) is 19.7 Å². The first-order valence-corrected chi connectivity index (χ1v) is 12.9. The van der Waals surface area contributed by atoms with Crippen molar-refractivity contribution >= 4 is 22.6 Å². The van der Waals surface area contributed by atoms with Gasteiger partial charge in [0.15, 0.2) is 29.3 Å². The van der Waals surface area contributed by atoms with Crippen molar-refractivity contribution in [2.75, 3.05) is 6.79 Å². The maximum absolute atomic E-state index is 13.5. The molecule has 2 aliphatic heterocycles. The lowest BCUT2D eigenvalue weighted by Crippen LogP contribution is -2.30. The Kier molecular flexibility index (Phi) is 6.47. The molecule has 40 heavy (non-hydrogen) atoms. The summed E-state index contributed by atoms with van der Waals surface area (Å²) in [5.74, 6) is 0.627. The number of carbonyl (C=O) groups excluding carboxylic acids is 2. The van der Waals surface area contributed by atoms with Crippen molar-refractivity contribution in [2.24, 2.45) is 0 Å². The highest BCUT2D eigenvalue weighted by Gasteiger charge is 2.23. The standard InChI is InChI=1S/C31H26N2O7/c1-18-8-9-21(10-19(18)2)30(35)23-13-33(24-12-26-25(38-17-39-26)11-22(24)31(23)36)14-28(34)32-29-16-37-15-27(40-29)20-6-4-3-5-7-20/h3-4,6,8-13,15-16H,5,7,14,17H2,1-2H3,(H,32,34). The number of nitrogens with one attached hydrogen (secondary N) is 1. The molecule has 202 valence electrons. The average Bonchev–Trinajstić information content (AvgIpc) is 3.43. The fourth-order valence-electron chi connectivity index (χ4n) is 4.77. The van der Waals surface area contributed by atoms with Gasteiger partial charge in [-0.25, -0.2) is 0 Å². The van der Waals surface area contributed by atoms with Gasteiger partial charge in [-0.05, 0) is 55.5 Å². The van der Waals surface area contributed by atoms with Gasteiger partial charge in [-0.2, -0.15) is 0 Å². The number of ketones is 1. The van der Waals surface area contributed by atoms with Crippen LogP contribution in [0.15, 0.2) is 89.3 Å². The molecule has 0 bridgehead atoms. The van der Waals surface area contributed by atoms with Crippen LogP contribution in [0.5, 0.6) is 11.5 Å². The molecule has 0 spiro atoms. The number of amides is 1. The minimum atomic E-state index is -0.454. The highest BCUT2D eigenvalue weighted by atomic mass is 16.7. The fraction of sp³-hybridized carbons (Fsp3) is 0.194. The molecule has 9 heteroatoms. The van der Waals surface area contributed by atoms with Crippen molar-refractivity contribution in [1.82, 2.24) is 9.88 Å². The number of benzene rings is 2. The highest BCUT2D eigenvalue weighted by Crippen LogP contribution is 2.35. The molecule has 0 atom stereocenters. The molecule has 0 saturated heterocycles. The van der Waals surface area contributed by atoms with Crippen LogP contribution in [0.1, 0.15) is 39.9 Å². The number of nitrogens with zero attached hydrogens (tertiary/aromatic N) is 1. The van der Waals surface area contributed by atoms with Gasteiger partial charge in [0, 0.05) is 17.8 Å². The van der Waals surface area contributed by atoms with Gasteiger partial charge in [-0.15, -0.1) is 0 Å². The summed E-state index contributed by atoms with van der Waals surface area (Å²) >= 11 is 0. The lowest BCUT2D eigenvalue weighted by molar-refractivity contribution is -0.121. The topological polar surface area (TPSA) is 105 Å². The maximum atomic E-state index is 13.5. The van der Waals surface area contributed by atoms with E-state index in [0.717, 1.165) is 29.5 Å². The lowest BCUT2D eigenvalue weighted by Gasteiger charge is -2.20. The fourth-order valence-corrected chi connectivity index (χ4v) is 4.77. The third-order valence-electron chi connectivity index (χ3n) is 7.07. The van der Waals surface area contributed by atoms with Crippen molar-refractivity contribution in [3.05, 3.63) is 117 Å². The number of rotatable bonds is 6. The zero-order valence-electron chi connectivity index (χ0n) is 22.0. The average molecular weight is 539 g/mol. The second-order valence-corrected chi connectivity index (χ2v) is 9.76. The van der Waals surface area contributed by atoms with E-state index in [2.05, 4.69) is 11.4 Å². The van der Waals surface area contributed by atoms with Crippen molar-refractivity contribution in [3.63, 3.8) is 0 Å². The van der Waals surface area contributed by atoms with Crippen molar-refractivity contribution in [3.8, 4) is 11.5 Å². The van der Waals surface area contributed by atoms with Crippen LogP contribution in [0.25, 0.3) is 10.9 Å². The molecule has 3 aliphatic rings. The van der Waals surface area contributed by atoms with E-state index in [1.54, 1.807) is 28.8 Å². The molecule has 2 aromatic carbocycles. The number of hydrogen-bond acceptors (Lipinski definition) is 7. The molecule has 1 N–H and O–H groups in total.